The monoisotopic (exact) mass is 212 g/mol. The quantitative estimate of drug-likeness (QED) is 0.373. The molecule has 1 rings (SSSR count). The smallest absolute Gasteiger partial charge is 0.0686 e. The van der Waals surface area contributed by atoms with Gasteiger partial charge in [0.1, 0.15) is 0 Å². The molecule has 0 saturated carbocycles. The van der Waals surface area contributed by atoms with Crippen LogP contribution in [-0.4, -0.2) is 21.1 Å². The fraction of sp³-hybridized carbons (Fsp3) is 0.833. The summed E-state index contributed by atoms with van der Waals surface area (Å²) < 4.78 is 5.84. The van der Waals surface area contributed by atoms with Crippen LogP contribution in [0.25, 0.3) is 0 Å². The molecular weight excluding hydrogens is 188 g/mol. The van der Waals surface area contributed by atoms with Crippen molar-refractivity contribution in [3.63, 3.8) is 0 Å². The van der Waals surface area contributed by atoms with Crippen molar-refractivity contribution in [3.8, 4) is 0 Å². The molecule has 0 aliphatic carbocycles. The molecule has 1 aliphatic rings. The maximum Gasteiger partial charge on any atom is 0.0686 e. The lowest BCUT2D eigenvalue weighted by atomic mass is 10.2. The molecule has 0 aromatic rings. The number of hydrogen-bond donors (Lipinski definition) is 0. The van der Waals surface area contributed by atoms with E-state index in [2.05, 4.69) is 13.1 Å². The molecule has 82 valence electrons. The lowest BCUT2D eigenvalue weighted by Crippen LogP contribution is -2.33. The van der Waals surface area contributed by atoms with Crippen molar-refractivity contribution in [2.75, 3.05) is 6.61 Å². The average molecular weight is 212 g/mol. The Labute approximate surface area is 90.1 Å². The second-order valence-corrected chi connectivity index (χ2v) is 7.73. The highest BCUT2D eigenvalue weighted by molar-refractivity contribution is 6.58. The highest BCUT2D eigenvalue weighted by Crippen LogP contribution is 2.18. The minimum atomic E-state index is -0.583. The first-order valence-electron chi connectivity index (χ1n) is 6.07. The third-order valence-corrected chi connectivity index (χ3v) is 6.28. The zero-order valence-corrected chi connectivity index (χ0v) is 10.7. The molecule has 0 amide bonds. The van der Waals surface area contributed by atoms with Gasteiger partial charge >= 0.3 is 0 Å². The molecule has 0 aromatic carbocycles. The lowest BCUT2D eigenvalue weighted by molar-refractivity contribution is 0.0625. The van der Waals surface area contributed by atoms with E-state index in [1.807, 2.05) is 6.08 Å². The topological polar surface area (TPSA) is 9.23 Å². The van der Waals surface area contributed by atoms with Crippen LogP contribution in [0.2, 0.25) is 12.6 Å². The molecule has 0 aromatic heterocycles. The standard InChI is InChI=1S/C12H24OSi/c1-3-4-5-8-11-14(2)12-9-6-7-10-13-12/h3,12,14H,1,4-11H2,2H3. The Balaban J connectivity index is 2.06. The van der Waals surface area contributed by atoms with Crippen LogP contribution in [0.4, 0.5) is 0 Å². The Hall–Kier alpha value is -0.0831. The van der Waals surface area contributed by atoms with E-state index in [9.17, 15) is 0 Å². The van der Waals surface area contributed by atoms with Gasteiger partial charge in [0.15, 0.2) is 0 Å². The Kier molecular flexibility index (Phi) is 6.20. The van der Waals surface area contributed by atoms with Crippen LogP contribution in [0.15, 0.2) is 12.7 Å². The molecule has 2 unspecified atom stereocenters. The van der Waals surface area contributed by atoms with Gasteiger partial charge < -0.3 is 4.74 Å². The normalized spacial score (nSPS) is 24.5. The summed E-state index contributed by atoms with van der Waals surface area (Å²) in [6, 6.07) is 1.46. The fourth-order valence-electron chi connectivity index (χ4n) is 2.16. The van der Waals surface area contributed by atoms with Gasteiger partial charge in [-0.2, -0.15) is 0 Å². The molecule has 1 fully saturated rings. The van der Waals surface area contributed by atoms with Crippen LogP contribution in [0.3, 0.4) is 0 Å². The summed E-state index contributed by atoms with van der Waals surface area (Å²) in [7, 11) is -0.583. The molecule has 1 aliphatic heterocycles. The van der Waals surface area contributed by atoms with Gasteiger partial charge in [-0.3, -0.25) is 0 Å². The zero-order chi connectivity index (χ0) is 10.2. The predicted octanol–water partition coefficient (Wildman–Crippen LogP) is 3.31. The Morgan fingerprint density at radius 1 is 1.43 bits per heavy atom. The van der Waals surface area contributed by atoms with E-state index in [0.29, 0.717) is 5.73 Å². The van der Waals surface area contributed by atoms with Gasteiger partial charge in [-0.05, 0) is 25.7 Å². The van der Waals surface area contributed by atoms with Crippen LogP contribution in [0.1, 0.15) is 38.5 Å². The SMILES string of the molecule is C=CCCCC[SiH](C)C1CCCCO1. The third kappa shape index (κ3) is 4.42. The van der Waals surface area contributed by atoms with Gasteiger partial charge in [-0.25, -0.2) is 0 Å². The number of unbranched alkanes of at least 4 members (excludes halogenated alkanes) is 2. The summed E-state index contributed by atoms with van der Waals surface area (Å²) in [6.07, 6.45) is 9.96. The molecule has 0 radical (unpaired) electrons. The van der Waals surface area contributed by atoms with E-state index in [1.165, 1.54) is 44.6 Å². The highest BCUT2D eigenvalue weighted by Gasteiger charge is 2.21. The van der Waals surface area contributed by atoms with Gasteiger partial charge in [0.2, 0.25) is 0 Å². The van der Waals surface area contributed by atoms with Crippen molar-refractivity contribution < 1.29 is 4.74 Å². The summed E-state index contributed by atoms with van der Waals surface area (Å²) in [5.41, 5.74) is 0.687. The minimum Gasteiger partial charge on any atom is -0.382 e. The molecule has 1 heterocycles. The first-order valence-corrected chi connectivity index (χ1v) is 8.71. The summed E-state index contributed by atoms with van der Waals surface area (Å²) in [4.78, 5) is 0. The Bertz CT molecular complexity index is 152. The molecule has 1 saturated heterocycles. The first-order chi connectivity index (χ1) is 6.84. The largest absolute Gasteiger partial charge is 0.382 e. The maximum atomic E-state index is 5.84. The number of allylic oxidation sites excluding steroid dienone is 1. The summed E-state index contributed by atoms with van der Waals surface area (Å²) >= 11 is 0. The second-order valence-electron chi connectivity index (χ2n) is 4.46. The average Bonchev–Trinajstić information content (AvgIpc) is 2.25. The number of hydrogen-bond acceptors (Lipinski definition) is 1. The summed E-state index contributed by atoms with van der Waals surface area (Å²) in [5, 5.41) is 0. The zero-order valence-electron chi connectivity index (χ0n) is 9.50. The van der Waals surface area contributed by atoms with Gasteiger partial charge in [0.05, 0.1) is 8.80 Å². The molecule has 2 heteroatoms. The molecular formula is C12H24OSi. The van der Waals surface area contributed by atoms with Crippen LogP contribution >= 0.6 is 0 Å². The van der Waals surface area contributed by atoms with Crippen molar-refractivity contribution in [2.24, 2.45) is 0 Å². The lowest BCUT2D eigenvalue weighted by Gasteiger charge is -2.27. The van der Waals surface area contributed by atoms with E-state index in [1.54, 1.807) is 0 Å². The van der Waals surface area contributed by atoms with E-state index in [0.717, 1.165) is 6.61 Å². The molecule has 1 nitrogen and oxygen atoms in total. The molecule has 2 atom stereocenters. The van der Waals surface area contributed by atoms with Crippen molar-refractivity contribution >= 4 is 8.80 Å². The Morgan fingerprint density at radius 2 is 2.29 bits per heavy atom. The number of rotatable bonds is 6. The molecule has 0 spiro atoms. The summed E-state index contributed by atoms with van der Waals surface area (Å²) in [5.74, 6) is 0. The maximum absolute atomic E-state index is 5.84. The minimum absolute atomic E-state index is 0.583. The number of ether oxygens (including phenoxy) is 1. The van der Waals surface area contributed by atoms with E-state index in [-0.39, 0.29) is 0 Å². The van der Waals surface area contributed by atoms with Crippen molar-refractivity contribution in [3.05, 3.63) is 12.7 Å². The Morgan fingerprint density at radius 3 is 2.93 bits per heavy atom. The van der Waals surface area contributed by atoms with E-state index >= 15 is 0 Å². The van der Waals surface area contributed by atoms with Crippen LogP contribution < -0.4 is 0 Å². The van der Waals surface area contributed by atoms with Crippen LogP contribution in [0, 0.1) is 0 Å². The van der Waals surface area contributed by atoms with Crippen LogP contribution in [-0.2, 0) is 4.74 Å². The first kappa shape index (κ1) is 12.0. The molecule has 0 bridgehead atoms. The van der Waals surface area contributed by atoms with Gasteiger partial charge in [0.25, 0.3) is 0 Å². The van der Waals surface area contributed by atoms with Gasteiger partial charge in [0, 0.05) is 12.3 Å². The van der Waals surface area contributed by atoms with E-state index < -0.39 is 8.80 Å². The van der Waals surface area contributed by atoms with Crippen LogP contribution in [0.5, 0.6) is 0 Å². The van der Waals surface area contributed by atoms with Crippen molar-refractivity contribution in [1.29, 1.82) is 0 Å². The van der Waals surface area contributed by atoms with Gasteiger partial charge in [-0.15, -0.1) is 6.58 Å². The summed E-state index contributed by atoms with van der Waals surface area (Å²) in [6.45, 7) is 7.25. The second kappa shape index (κ2) is 7.24. The van der Waals surface area contributed by atoms with Crippen molar-refractivity contribution in [1.82, 2.24) is 0 Å². The van der Waals surface area contributed by atoms with Crippen molar-refractivity contribution in [2.45, 2.75) is 56.8 Å². The molecule has 0 N–H and O–H groups in total. The highest BCUT2D eigenvalue weighted by atomic mass is 28.3. The fourth-order valence-corrected chi connectivity index (χ4v) is 4.73. The third-order valence-electron chi connectivity index (χ3n) is 3.17. The van der Waals surface area contributed by atoms with Gasteiger partial charge in [-0.1, -0.05) is 31.5 Å². The molecule has 14 heavy (non-hydrogen) atoms. The van der Waals surface area contributed by atoms with E-state index in [4.69, 9.17) is 4.74 Å². The predicted molar refractivity (Wildman–Crippen MR) is 65.5 cm³/mol.